The number of guanidine groups is 1. The molecule has 0 saturated carbocycles. The van der Waals surface area contributed by atoms with Gasteiger partial charge in [0, 0.05) is 50.9 Å². The summed E-state index contributed by atoms with van der Waals surface area (Å²) in [5.74, 6) is 2.03. The average molecular weight is 557 g/mol. The molecule has 2 N–H and O–H groups in total. The fourth-order valence-electron chi connectivity index (χ4n) is 4.03. The fourth-order valence-corrected chi connectivity index (χ4v) is 4.03. The molecule has 0 spiro atoms. The zero-order valence-corrected chi connectivity index (χ0v) is 21.3. The van der Waals surface area contributed by atoms with Crippen LogP contribution in [0.25, 0.3) is 0 Å². The molecule has 6 nitrogen and oxygen atoms in total. The molecule has 1 fully saturated rings. The first-order valence-electron chi connectivity index (χ1n) is 11.2. The molecule has 0 radical (unpaired) electrons. The Morgan fingerprint density at radius 1 is 0.939 bits per heavy atom. The highest BCUT2D eigenvalue weighted by atomic mass is 127. The maximum absolute atomic E-state index is 5.49. The van der Waals surface area contributed by atoms with E-state index >= 15 is 0 Å². The van der Waals surface area contributed by atoms with E-state index in [-0.39, 0.29) is 29.9 Å². The predicted molar refractivity (Wildman–Crippen MR) is 146 cm³/mol. The molecular formula is C26H32IN5O. The molecule has 7 heteroatoms. The van der Waals surface area contributed by atoms with Gasteiger partial charge in [-0.1, -0.05) is 66.7 Å². The van der Waals surface area contributed by atoms with Crippen LogP contribution in [0.1, 0.15) is 22.6 Å². The van der Waals surface area contributed by atoms with Gasteiger partial charge in [-0.3, -0.25) is 4.99 Å². The van der Waals surface area contributed by atoms with Crippen molar-refractivity contribution in [3.8, 4) is 0 Å². The number of aromatic nitrogens is 1. The van der Waals surface area contributed by atoms with Gasteiger partial charge in [-0.15, -0.1) is 24.0 Å². The Morgan fingerprint density at radius 2 is 1.58 bits per heavy atom. The summed E-state index contributed by atoms with van der Waals surface area (Å²) in [6.45, 7) is 4.62. The normalized spacial score (nSPS) is 14.0. The van der Waals surface area contributed by atoms with Crippen LogP contribution in [0.15, 0.2) is 84.0 Å². The number of aliphatic imine (C=N–C) groups is 1. The van der Waals surface area contributed by atoms with Crippen molar-refractivity contribution < 1.29 is 4.74 Å². The van der Waals surface area contributed by atoms with Crippen molar-refractivity contribution in [2.75, 3.05) is 44.8 Å². The molecule has 3 aromatic rings. The van der Waals surface area contributed by atoms with Crippen molar-refractivity contribution in [1.29, 1.82) is 0 Å². The topological polar surface area (TPSA) is 61.8 Å². The third kappa shape index (κ3) is 6.91. The lowest BCUT2D eigenvalue weighted by molar-refractivity contribution is 0.122. The molecule has 0 unspecified atom stereocenters. The fraction of sp³-hybridized carbons (Fsp3) is 0.308. The largest absolute Gasteiger partial charge is 0.378 e. The second-order valence-corrected chi connectivity index (χ2v) is 7.77. The monoisotopic (exact) mass is 557 g/mol. The van der Waals surface area contributed by atoms with Crippen molar-refractivity contribution in [2.24, 2.45) is 4.99 Å². The van der Waals surface area contributed by atoms with Crippen LogP contribution in [0.3, 0.4) is 0 Å². The molecule has 1 aliphatic heterocycles. The quantitative estimate of drug-likeness (QED) is 0.261. The van der Waals surface area contributed by atoms with Gasteiger partial charge in [0.1, 0.15) is 5.82 Å². The molecule has 0 aliphatic carbocycles. The molecule has 2 aromatic carbocycles. The van der Waals surface area contributed by atoms with E-state index < -0.39 is 0 Å². The van der Waals surface area contributed by atoms with E-state index in [0.717, 1.165) is 50.2 Å². The maximum Gasteiger partial charge on any atom is 0.191 e. The summed E-state index contributed by atoms with van der Waals surface area (Å²) < 4.78 is 5.49. The smallest absolute Gasteiger partial charge is 0.191 e. The number of ether oxygens (including phenoxy) is 1. The van der Waals surface area contributed by atoms with Crippen LogP contribution in [0.5, 0.6) is 0 Å². The summed E-state index contributed by atoms with van der Waals surface area (Å²) in [4.78, 5) is 11.4. The Labute approximate surface area is 213 Å². The lowest BCUT2D eigenvalue weighted by atomic mass is 9.91. The molecular weight excluding hydrogens is 525 g/mol. The minimum Gasteiger partial charge on any atom is -0.378 e. The van der Waals surface area contributed by atoms with Crippen LogP contribution in [-0.4, -0.2) is 50.8 Å². The van der Waals surface area contributed by atoms with E-state index in [4.69, 9.17) is 4.74 Å². The van der Waals surface area contributed by atoms with Crippen LogP contribution >= 0.6 is 24.0 Å². The Kier molecular flexibility index (Phi) is 9.96. The Hall–Kier alpha value is -2.65. The average Bonchev–Trinajstić information content (AvgIpc) is 2.88. The first-order valence-corrected chi connectivity index (χ1v) is 11.2. The zero-order valence-electron chi connectivity index (χ0n) is 19.0. The molecule has 1 aliphatic rings. The summed E-state index contributed by atoms with van der Waals surface area (Å²) in [6, 6.07) is 25.3. The number of hydrogen-bond acceptors (Lipinski definition) is 4. The number of halogens is 1. The number of anilines is 1. The van der Waals surface area contributed by atoms with Crippen LogP contribution in [0.2, 0.25) is 0 Å². The Bertz CT molecular complexity index is 954. The lowest BCUT2D eigenvalue weighted by Gasteiger charge is -2.29. The Morgan fingerprint density at radius 3 is 2.18 bits per heavy atom. The number of benzene rings is 2. The summed E-state index contributed by atoms with van der Waals surface area (Å²) in [5.41, 5.74) is 3.71. The van der Waals surface area contributed by atoms with E-state index in [0.29, 0.717) is 6.54 Å². The third-order valence-corrected chi connectivity index (χ3v) is 5.73. The van der Waals surface area contributed by atoms with Gasteiger partial charge in [0.25, 0.3) is 0 Å². The molecule has 1 aromatic heterocycles. The zero-order chi connectivity index (χ0) is 22.0. The van der Waals surface area contributed by atoms with Gasteiger partial charge < -0.3 is 20.3 Å². The van der Waals surface area contributed by atoms with Gasteiger partial charge in [-0.2, -0.15) is 0 Å². The van der Waals surface area contributed by atoms with Crippen molar-refractivity contribution >= 4 is 35.8 Å². The summed E-state index contributed by atoms with van der Waals surface area (Å²) in [5, 5.41) is 6.99. The number of hydrogen-bond donors (Lipinski definition) is 2. The minimum atomic E-state index is 0. The summed E-state index contributed by atoms with van der Waals surface area (Å²) in [7, 11) is 1.81. The van der Waals surface area contributed by atoms with Crippen LogP contribution < -0.4 is 15.5 Å². The first kappa shape index (κ1) is 25.0. The Balaban J connectivity index is 0.00000306. The highest BCUT2D eigenvalue weighted by Crippen LogP contribution is 2.23. The highest BCUT2D eigenvalue weighted by molar-refractivity contribution is 14.0. The minimum absolute atomic E-state index is 0. The predicted octanol–water partition coefficient (Wildman–Crippen LogP) is 4.03. The van der Waals surface area contributed by atoms with Crippen molar-refractivity contribution in [1.82, 2.24) is 15.6 Å². The molecule has 33 heavy (non-hydrogen) atoms. The number of rotatable bonds is 7. The number of morpholine rings is 1. The van der Waals surface area contributed by atoms with Gasteiger partial charge in [-0.05, 0) is 17.2 Å². The van der Waals surface area contributed by atoms with Gasteiger partial charge >= 0.3 is 0 Å². The van der Waals surface area contributed by atoms with Gasteiger partial charge in [-0.25, -0.2) is 4.98 Å². The van der Waals surface area contributed by atoms with E-state index in [1.807, 2.05) is 19.3 Å². The molecule has 174 valence electrons. The van der Waals surface area contributed by atoms with Crippen LogP contribution in [-0.2, 0) is 11.3 Å². The van der Waals surface area contributed by atoms with E-state index in [9.17, 15) is 0 Å². The van der Waals surface area contributed by atoms with Crippen molar-refractivity contribution in [3.63, 3.8) is 0 Å². The molecule has 0 bridgehead atoms. The highest BCUT2D eigenvalue weighted by Gasteiger charge is 2.17. The number of nitrogens with zero attached hydrogens (tertiary/aromatic N) is 3. The number of nitrogens with one attached hydrogen (secondary N) is 2. The van der Waals surface area contributed by atoms with E-state index in [2.05, 4.69) is 92.2 Å². The molecule has 0 amide bonds. The van der Waals surface area contributed by atoms with Gasteiger partial charge in [0.2, 0.25) is 0 Å². The lowest BCUT2D eigenvalue weighted by Crippen LogP contribution is -2.40. The van der Waals surface area contributed by atoms with Crippen molar-refractivity contribution in [3.05, 3.63) is 95.7 Å². The SMILES string of the molecule is CN=C(NCc1cccnc1N1CCOCC1)NCC(c1ccccc1)c1ccccc1.I. The molecule has 4 rings (SSSR count). The standard InChI is InChI=1S/C26H31N5O.HI/c1-27-26(29-19-23-13-8-14-28-25(23)31-15-17-32-18-16-31)30-20-24(21-9-4-2-5-10-21)22-11-6-3-7-12-22;/h2-14,24H,15-20H2,1H3,(H2,27,29,30);1H. The van der Waals surface area contributed by atoms with Crippen LogP contribution in [0.4, 0.5) is 5.82 Å². The summed E-state index contributed by atoms with van der Waals surface area (Å²) in [6.07, 6.45) is 1.85. The molecule has 2 heterocycles. The second kappa shape index (κ2) is 13.2. The van der Waals surface area contributed by atoms with Gasteiger partial charge in [0.15, 0.2) is 5.96 Å². The molecule has 0 atom stereocenters. The third-order valence-electron chi connectivity index (χ3n) is 5.73. The van der Waals surface area contributed by atoms with E-state index in [1.54, 1.807) is 0 Å². The maximum atomic E-state index is 5.49. The summed E-state index contributed by atoms with van der Waals surface area (Å²) >= 11 is 0. The molecule has 1 saturated heterocycles. The van der Waals surface area contributed by atoms with E-state index in [1.165, 1.54) is 11.1 Å². The van der Waals surface area contributed by atoms with Crippen molar-refractivity contribution in [2.45, 2.75) is 12.5 Å². The second-order valence-electron chi connectivity index (χ2n) is 7.77. The van der Waals surface area contributed by atoms with Gasteiger partial charge in [0.05, 0.1) is 13.2 Å². The number of pyridine rings is 1. The van der Waals surface area contributed by atoms with Crippen LogP contribution in [0, 0.1) is 0 Å². The first-order chi connectivity index (χ1) is 15.8.